The number of hydrogen-bond acceptors (Lipinski definition) is 3. The fourth-order valence-electron chi connectivity index (χ4n) is 1.53. The third-order valence-corrected chi connectivity index (χ3v) is 2.21. The molecule has 2 rings (SSSR count). The van der Waals surface area contributed by atoms with E-state index in [-0.39, 0.29) is 0 Å². The number of benzene rings is 1. The van der Waals surface area contributed by atoms with Crippen molar-refractivity contribution in [1.82, 2.24) is 4.98 Å². The molecule has 3 N–H and O–H groups in total. The third-order valence-electron chi connectivity index (χ3n) is 2.21. The van der Waals surface area contributed by atoms with E-state index >= 15 is 0 Å². The van der Waals surface area contributed by atoms with Gasteiger partial charge < -0.3 is 19.8 Å². The number of nitrogens with one attached hydrogen (secondary N) is 1. The Morgan fingerprint density at radius 3 is 2.79 bits per heavy atom. The van der Waals surface area contributed by atoms with Gasteiger partial charge in [0.05, 0.1) is 12.6 Å². The molecule has 0 spiro atoms. The maximum Gasteiger partial charge on any atom is 0.490 e. The predicted octanol–water partition coefficient (Wildman–Crippen LogP) is -0.144. The lowest BCUT2D eigenvalue weighted by atomic mass is 9.80. The first kappa shape index (κ1) is 9.11. The molecule has 1 aromatic carbocycles. The molecule has 1 aromatic heterocycles. The summed E-state index contributed by atoms with van der Waals surface area (Å²) in [5.74, 6) is 0.689. The molecule has 0 bridgehead atoms. The van der Waals surface area contributed by atoms with Gasteiger partial charge in [-0.15, -0.1) is 0 Å². The highest BCUT2D eigenvalue weighted by Gasteiger charge is 2.17. The average Bonchev–Trinajstić information content (AvgIpc) is 2.60. The Labute approximate surface area is 81.3 Å². The number of aromatic amines is 1. The molecule has 14 heavy (non-hydrogen) atoms. The number of methoxy groups -OCH3 is 1. The first-order valence-electron chi connectivity index (χ1n) is 4.24. The molecule has 72 valence electrons. The van der Waals surface area contributed by atoms with Gasteiger partial charge in [-0.3, -0.25) is 0 Å². The topological polar surface area (TPSA) is 65.5 Å². The monoisotopic (exact) mass is 191 g/mol. The second-order valence-electron chi connectivity index (χ2n) is 3.00. The van der Waals surface area contributed by atoms with Gasteiger partial charge in [-0.05, 0) is 6.07 Å². The average molecular weight is 191 g/mol. The van der Waals surface area contributed by atoms with Gasteiger partial charge in [0.15, 0.2) is 0 Å². The maximum absolute atomic E-state index is 9.07. The van der Waals surface area contributed by atoms with Crippen LogP contribution in [0.2, 0.25) is 0 Å². The minimum absolute atomic E-state index is 0.457. The van der Waals surface area contributed by atoms with Crippen molar-refractivity contribution in [2.75, 3.05) is 7.11 Å². The number of fused-ring (bicyclic) bond motifs is 1. The summed E-state index contributed by atoms with van der Waals surface area (Å²) in [6.45, 7) is 0. The molecule has 0 amide bonds. The molecule has 0 radical (unpaired) electrons. The van der Waals surface area contributed by atoms with Gasteiger partial charge in [0, 0.05) is 17.0 Å². The molecular weight excluding hydrogens is 181 g/mol. The van der Waals surface area contributed by atoms with Gasteiger partial charge in [0.1, 0.15) is 5.75 Å². The number of hydrogen-bond donors (Lipinski definition) is 3. The van der Waals surface area contributed by atoms with Crippen LogP contribution in [0.3, 0.4) is 0 Å². The van der Waals surface area contributed by atoms with Crippen LogP contribution >= 0.6 is 0 Å². The minimum Gasteiger partial charge on any atom is -0.495 e. The molecule has 0 saturated heterocycles. The van der Waals surface area contributed by atoms with Gasteiger partial charge in [0.2, 0.25) is 0 Å². The first-order valence-corrected chi connectivity index (χ1v) is 4.24. The van der Waals surface area contributed by atoms with Crippen LogP contribution in [0.15, 0.2) is 24.4 Å². The maximum atomic E-state index is 9.07. The molecule has 4 nitrogen and oxygen atoms in total. The fourth-order valence-corrected chi connectivity index (χ4v) is 1.53. The van der Waals surface area contributed by atoms with E-state index in [2.05, 4.69) is 4.98 Å². The van der Waals surface area contributed by atoms with Crippen LogP contribution in [0, 0.1) is 0 Å². The van der Waals surface area contributed by atoms with Crippen molar-refractivity contribution in [2.24, 2.45) is 0 Å². The van der Waals surface area contributed by atoms with Crippen molar-refractivity contribution in [3.8, 4) is 5.75 Å². The predicted molar refractivity (Wildman–Crippen MR) is 54.7 cm³/mol. The zero-order chi connectivity index (χ0) is 10.1. The number of rotatable bonds is 2. The summed E-state index contributed by atoms with van der Waals surface area (Å²) >= 11 is 0. The van der Waals surface area contributed by atoms with Gasteiger partial charge in [-0.2, -0.15) is 0 Å². The Hall–Kier alpha value is -1.46. The second-order valence-corrected chi connectivity index (χ2v) is 3.00. The first-order chi connectivity index (χ1) is 6.74. The van der Waals surface area contributed by atoms with E-state index in [0.29, 0.717) is 11.2 Å². The number of ether oxygens (including phenoxy) is 1. The Bertz CT molecular complexity index is 452. The van der Waals surface area contributed by atoms with Crippen LogP contribution in [0.4, 0.5) is 0 Å². The number of para-hydroxylation sites is 1. The Kier molecular flexibility index (Phi) is 2.19. The molecule has 0 unspecified atom stereocenters. The second kappa shape index (κ2) is 3.36. The highest BCUT2D eigenvalue weighted by Crippen LogP contribution is 2.22. The van der Waals surface area contributed by atoms with Crippen molar-refractivity contribution in [3.63, 3.8) is 0 Å². The Morgan fingerprint density at radius 1 is 1.36 bits per heavy atom. The van der Waals surface area contributed by atoms with Crippen molar-refractivity contribution in [2.45, 2.75) is 0 Å². The molecule has 2 aromatic rings. The summed E-state index contributed by atoms with van der Waals surface area (Å²) in [7, 11) is 0.112. The Balaban J connectivity index is 2.69. The van der Waals surface area contributed by atoms with E-state index in [1.807, 2.05) is 12.1 Å². The van der Waals surface area contributed by atoms with E-state index in [0.717, 1.165) is 10.9 Å². The molecule has 0 aliphatic heterocycles. The smallest absolute Gasteiger partial charge is 0.490 e. The molecule has 0 aliphatic carbocycles. The summed E-state index contributed by atoms with van der Waals surface area (Å²) in [4.78, 5) is 2.94. The van der Waals surface area contributed by atoms with Crippen LogP contribution < -0.4 is 10.2 Å². The number of H-pyrrole nitrogens is 1. The lowest BCUT2D eigenvalue weighted by molar-refractivity contribution is 0.419. The molecule has 0 aliphatic rings. The highest BCUT2D eigenvalue weighted by molar-refractivity contribution is 6.62. The molecule has 0 fully saturated rings. The summed E-state index contributed by atoms with van der Waals surface area (Å²) in [5.41, 5.74) is 1.23. The summed E-state index contributed by atoms with van der Waals surface area (Å²) in [5, 5.41) is 18.9. The van der Waals surface area contributed by atoms with Gasteiger partial charge >= 0.3 is 7.12 Å². The summed E-state index contributed by atoms with van der Waals surface area (Å²) in [6, 6.07) is 5.43. The van der Waals surface area contributed by atoms with Crippen molar-refractivity contribution in [1.29, 1.82) is 0 Å². The van der Waals surface area contributed by atoms with Gasteiger partial charge in [-0.25, -0.2) is 0 Å². The van der Waals surface area contributed by atoms with Crippen LogP contribution in [-0.2, 0) is 0 Å². The number of aromatic nitrogens is 1. The summed E-state index contributed by atoms with van der Waals surface area (Å²) in [6.07, 6.45) is 1.57. The zero-order valence-corrected chi connectivity index (χ0v) is 7.69. The molecule has 0 saturated carbocycles. The van der Waals surface area contributed by atoms with Crippen molar-refractivity contribution in [3.05, 3.63) is 24.4 Å². The summed E-state index contributed by atoms with van der Waals surface area (Å²) < 4.78 is 5.13. The Morgan fingerprint density at radius 2 is 2.14 bits per heavy atom. The van der Waals surface area contributed by atoms with Crippen molar-refractivity contribution >= 4 is 23.5 Å². The quantitative estimate of drug-likeness (QED) is 0.578. The van der Waals surface area contributed by atoms with Crippen LogP contribution in [0.1, 0.15) is 0 Å². The van der Waals surface area contributed by atoms with E-state index < -0.39 is 7.12 Å². The molecule has 1 heterocycles. The third kappa shape index (κ3) is 1.27. The van der Waals surface area contributed by atoms with E-state index in [1.165, 1.54) is 0 Å². The SMILES string of the molecule is COc1cccc2c(B(O)O)c[nH]c12. The molecule has 5 heteroatoms. The van der Waals surface area contributed by atoms with Gasteiger partial charge in [0.25, 0.3) is 0 Å². The van der Waals surface area contributed by atoms with Crippen molar-refractivity contribution < 1.29 is 14.8 Å². The minimum atomic E-state index is -1.46. The molecule has 0 atom stereocenters. The standard InChI is InChI=1S/C9H10BNO3/c1-14-8-4-2-3-6-7(10(12)13)5-11-9(6)8/h2-5,11-13H,1H3. The van der Waals surface area contributed by atoms with Crippen LogP contribution in [-0.4, -0.2) is 29.3 Å². The lowest BCUT2D eigenvalue weighted by Gasteiger charge is -2.01. The lowest BCUT2D eigenvalue weighted by Crippen LogP contribution is -2.28. The fraction of sp³-hybridized carbons (Fsp3) is 0.111. The van der Waals surface area contributed by atoms with E-state index in [9.17, 15) is 0 Å². The largest absolute Gasteiger partial charge is 0.495 e. The van der Waals surface area contributed by atoms with Crippen LogP contribution in [0.5, 0.6) is 5.75 Å². The molecular formula is C9H10BNO3. The normalized spacial score (nSPS) is 10.5. The van der Waals surface area contributed by atoms with Gasteiger partial charge in [-0.1, -0.05) is 12.1 Å². The van der Waals surface area contributed by atoms with E-state index in [1.54, 1.807) is 19.4 Å². The highest BCUT2D eigenvalue weighted by atomic mass is 16.5. The van der Waals surface area contributed by atoms with Crippen LogP contribution in [0.25, 0.3) is 10.9 Å². The zero-order valence-electron chi connectivity index (χ0n) is 7.69. The van der Waals surface area contributed by atoms with E-state index in [4.69, 9.17) is 14.8 Å².